The number of amides is 1. The third kappa shape index (κ3) is 4.83. The Morgan fingerprint density at radius 2 is 1.89 bits per heavy atom. The van der Waals surface area contributed by atoms with Crippen LogP contribution in [-0.4, -0.2) is 12.5 Å². The van der Waals surface area contributed by atoms with Gasteiger partial charge in [0.2, 0.25) is 5.91 Å². The number of rotatable bonds is 6. The van der Waals surface area contributed by atoms with Crippen molar-refractivity contribution < 1.29 is 9.18 Å². The zero-order valence-electron chi connectivity index (χ0n) is 10.6. The SMILES string of the molecule is O=C(CCc1ccsc1)NCCc1ccc(F)cc1. The molecule has 0 radical (unpaired) electrons. The Kier molecular flexibility index (Phi) is 5.10. The van der Waals surface area contributed by atoms with Crippen LogP contribution in [0.1, 0.15) is 17.5 Å². The van der Waals surface area contributed by atoms with Gasteiger partial charge in [-0.2, -0.15) is 11.3 Å². The van der Waals surface area contributed by atoms with Gasteiger partial charge in [0.1, 0.15) is 5.82 Å². The number of carbonyl (C=O) groups excluding carboxylic acids is 1. The Morgan fingerprint density at radius 3 is 2.58 bits per heavy atom. The van der Waals surface area contributed by atoms with Crippen molar-refractivity contribution in [3.63, 3.8) is 0 Å². The summed E-state index contributed by atoms with van der Waals surface area (Å²) in [5.74, 6) is -0.170. The standard InChI is InChI=1S/C15H16FNOS/c16-14-4-1-12(2-5-14)7-9-17-15(18)6-3-13-8-10-19-11-13/h1-2,4-5,8,10-11H,3,6-7,9H2,(H,17,18). The molecule has 0 fully saturated rings. The Bertz CT molecular complexity index is 507. The lowest BCUT2D eigenvalue weighted by molar-refractivity contribution is -0.121. The van der Waals surface area contributed by atoms with Crippen molar-refractivity contribution in [1.29, 1.82) is 0 Å². The fourth-order valence-corrected chi connectivity index (χ4v) is 2.48. The summed E-state index contributed by atoms with van der Waals surface area (Å²) in [7, 11) is 0. The topological polar surface area (TPSA) is 29.1 Å². The summed E-state index contributed by atoms with van der Waals surface area (Å²) >= 11 is 1.65. The summed E-state index contributed by atoms with van der Waals surface area (Å²) in [4.78, 5) is 11.6. The van der Waals surface area contributed by atoms with Crippen LogP contribution < -0.4 is 5.32 Å². The van der Waals surface area contributed by atoms with Gasteiger partial charge >= 0.3 is 0 Å². The molecule has 0 unspecified atom stereocenters. The zero-order valence-corrected chi connectivity index (χ0v) is 11.4. The van der Waals surface area contributed by atoms with E-state index in [9.17, 15) is 9.18 Å². The second-order valence-corrected chi connectivity index (χ2v) is 5.14. The number of nitrogens with one attached hydrogen (secondary N) is 1. The van der Waals surface area contributed by atoms with E-state index in [-0.39, 0.29) is 11.7 Å². The second-order valence-electron chi connectivity index (χ2n) is 4.36. The highest BCUT2D eigenvalue weighted by Gasteiger charge is 2.02. The lowest BCUT2D eigenvalue weighted by atomic mass is 10.1. The number of thiophene rings is 1. The van der Waals surface area contributed by atoms with E-state index in [2.05, 4.69) is 10.7 Å². The van der Waals surface area contributed by atoms with Crippen molar-refractivity contribution in [1.82, 2.24) is 5.32 Å². The first-order valence-electron chi connectivity index (χ1n) is 6.26. The third-order valence-electron chi connectivity index (χ3n) is 2.87. The molecule has 1 amide bonds. The van der Waals surface area contributed by atoms with E-state index in [4.69, 9.17) is 0 Å². The van der Waals surface area contributed by atoms with Gasteiger partial charge in [0.25, 0.3) is 0 Å². The van der Waals surface area contributed by atoms with Crippen molar-refractivity contribution in [2.24, 2.45) is 0 Å². The third-order valence-corrected chi connectivity index (χ3v) is 3.60. The molecule has 0 bridgehead atoms. The Hall–Kier alpha value is -1.68. The number of aryl methyl sites for hydroxylation is 1. The summed E-state index contributed by atoms with van der Waals surface area (Å²) in [6.07, 6.45) is 2.02. The van der Waals surface area contributed by atoms with Gasteiger partial charge in [-0.1, -0.05) is 12.1 Å². The van der Waals surface area contributed by atoms with Crippen LogP contribution in [0.25, 0.3) is 0 Å². The monoisotopic (exact) mass is 277 g/mol. The van der Waals surface area contributed by atoms with Gasteiger partial charge in [0, 0.05) is 13.0 Å². The molecule has 1 heterocycles. The predicted molar refractivity (Wildman–Crippen MR) is 75.8 cm³/mol. The summed E-state index contributed by atoms with van der Waals surface area (Å²) in [5, 5.41) is 6.96. The van der Waals surface area contributed by atoms with Gasteiger partial charge in [-0.25, -0.2) is 4.39 Å². The largest absolute Gasteiger partial charge is 0.356 e. The highest BCUT2D eigenvalue weighted by molar-refractivity contribution is 7.07. The van der Waals surface area contributed by atoms with Crippen molar-refractivity contribution in [2.45, 2.75) is 19.3 Å². The van der Waals surface area contributed by atoms with Crippen LogP contribution in [0.15, 0.2) is 41.1 Å². The maximum atomic E-state index is 12.7. The van der Waals surface area contributed by atoms with Gasteiger partial charge in [0.15, 0.2) is 0 Å². The highest BCUT2D eigenvalue weighted by atomic mass is 32.1. The summed E-state index contributed by atoms with van der Waals surface area (Å²) in [6.45, 7) is 0.591. The lowest BCUT2D eigenvalue weighted by Crippen LogP contribution is -2.25. The van der Waals surface area contributed by atoms with E-state index in [1.165, 1.54) is 17.7 Å². The average Bonchev–Trinajstić information content (AvgIpc) is 2.92. The fraction of sp³-hybridized carbons (Fsp3) is 0.267. The minimum absolute atomic E-state index is 0.0633. The molecule has 0 saturated heterocycles. The molecule has 2 rings (SSSR count). The first-order chi connectivity index (χ1) is 9.24. The molecule has 19 heavy (non-hydrogen) atoms. The first kappa shape index (κ1) is 13.7. The Morgan fingerprint density at radius 1 is 1.11 bits per heavy atom. The van der Waals surface area contributed by atoms with E-state index < -0.39 is 0 Å². The summed E-state index contributed by atoms with van der Waals surface area (Å²) in [5.41, 5.74) is 2.23. The molecular formula is C15H16FNOS. The second kappa shape index (κ2) is 7.04. The molecule has 100 valence electrons. The molecule has 2 nitrogen and oxygen atoms in total. The van der Waals surface area contributed by atoms with Crippen LogP contribution in [0, 0.1) is 5.82 Å². The number of halogens is 1. The Labute approximate surface area is 116 Å². The van der Waals surface area contributed by atoms with Crippen molar-refractivity contribution in [2.75, 3.05) is 6.54 Å². The average molecular weight is 277 g/mol. The molecule has 2 aromatic rings. The lowest BCUT2D eigenvalue weighted by Gasteiger charge is -2.05. The predicted octanol–water partition coefficient (Wildman–Crippen LogP) is 3.18. The van der Waals surface area contributed by atoms with Crippen LogP contribution in [0.2, 0.25) is 0 Å². The summed E-state index contributed by atoms with van der Waals surface area (Å²) < 4.78 is 12.7. The van der Waals surface area contributed by atoms with E-state index in [0.717, 1.165) is 18.4 Å². The fourth-order valence-electron chi connectivity index (χ4n) is 1.78. The molecule has 0 aliphatic carbocycles. The molecule has 0 saturated carbocycles. The normalized spacial score (nSPS) is 10.4. The molecule has 0 spiro atoms. The maximum absolute atomic E-state index is 12.7. The van der Waals surface area contributed by atoms with Gasteiger partial charge in [-0.15, -0.1) is 0 Å². The van der Waals surface area contributed by atoms with Crippen LogP contribution in [0.4, 0.5) is 4.39 Å². The van der Waals surface area contributed by atoms with Crippen LogP contribution in [-0.2, 0) is 17.6 Å². The number of benzene rings is 1. The van der Waals surface area contributed by atoms with Crippen molar-refractivity contribution in [3.8, 4) is 0 Å². The van der Waals surface area contributed by atoms with Crippen LogP contribution in [0.5, 0.6) is 0 Å². The van der Waals surface area contributed by atoms with Gasteiger partial charge in [-0.05, 0) is 52.9 Å². The molecule has 0 atom stereocenters. The van der Waals surface area contributed by atoms with Crippen molar-refractivity contribution >= 4 is 17.2 Å². The summed E-state index contributed by atoms with van der Waals surface area (Å²) in [6, 6.07) is 8.40. The molecular weight excluding hydrogens is 261 g/mol. The minimum atomic E-state index is -0.233. The van der Waals surface area contributed by atoms with Gasteiger partial charge < -0.3 is 5.32 Å². The number of hydrogen-bond donors (Lipinski definition) is 1. The number of carbonyl (C=O) groups is 1. The van der Waals surface area contributed by atoms with Gasteiger partial charge in [0.05, 0.1) is 0 Å². The maximum Gasteiger partial charge on any atom is 0.220 e. The quantitative estimate of drug-likeness (QED) is 0.863. The van der Waals surface area contributed by atoms with E-state index in [0.29, 0.717) is 13.0 Å². The molecule has 4 heteroatoms. The van der Waals surface area contributed by atoms with Crippen molar-refractivity contribution in [3.05, 3.63) is 58.0 Å². The zero-order chi connectivity index (χ0) is 13.5. The molecule has 0 aliphatic heterocycles. The van der Waals surface area contributed by atoms with E-state index in [1.54, 1.807) is 23.5 Å². The van der Waals surface area contributed by atoms with Crippen LogP contribution >= 0.6 is 11.3 Å². The Balaban J connectivity index is 1.65. The molecule has 1 aromatic heterocycles. The minimum Gasteiger partial charge on any atom is -0.356 e. The van der Waals surface area contributed by atoms with E-state index >= 15 is 0 Å². The van der Waals surface area contributed by atoms with Crippen LogP contribution in [0.3, 0.4) is 0 Å². The smallest absolute Gasteiger partial charge is 0.220 e. The molecule has 0 aliphatic rings. The highest BCUT2D eigenvalue weighted by Crippen LogP contribution is 2.08. The van der Waals surface area contributed by atoms with Gasteiger partial charge in [-0.3, -0.25) is 4.79 Å². The van der Waals surface area contributed by atoms with E-state index in [1.807, 2.05) is 11.4 Å². The molecule has 1 N–H and O–H groups in total. The number of hydrogen-bond acceptors (Lipinski definition) is 2. The first-order valence-corrected chi connectivity index (χ1v) is 7.20. The molecule has 1 aromatic carbocycles.